The first-order valence-corrected chi connectivity index (χ1v) is 6.47. The van der Waals surface area contributed by atoms with Crippen molar-refractivity contribution in [2.45, 2.75) is 44.3 Å². The molecule has 18 heavy (non-hydrogen) atoms. The van der Waals surface area contributed by atoms with Crippen molar-refractivity contribution in [1.29, 1.82) is 0 Å². The summed E-state index contributed by atoms with van der Waals surface area (Å²) < 4.78 is 35.9. The Kier molecular flexibility index (Phi) is 4.88. The highest BCUT2D eigenvalue weighted by molar-refractivity contribution is 5.79. The largest absolute Gasteiger partial charge is 0.376 e. The van der Waals surface area contributed by atoms with Gasteiger partial charge in [-0.2, -0.15) is 8.78 Å². The molecule has 0 aliphatic carbocycles. The second kappa shape index (κ2) is 6.43. The van der Waals surface area contributed by atoms with Crippen LogP contribution in [0.1, 0.15) is 25.7 Å². The molecule has 2 rings (SSSR count). The first-order valence-electron chi connectivity index (χ1n) is 6.47. The SMILES string of the molecule is O=C(C(F)F)N(CC1CCCO1)CC1CCCO1. The standard InChI is InChI=1S/C12H19F2NO3/c13-11(14)12(16)15(7-9-3-1-5-17-9)8-10-4-2-6-18-10/h9-11H,1-8H2. The Labute approximate surface area is 105 Å². The van der Waals surface area contributed by atoms with Crippen LogP contribution < -0.4 is 0 Å². The predicted octanol–water partition coefficient (Wildman–Crippen LogP) is 1.44. The first-order chi connectivity index (χ1) is 8.66. The Morgan fingerprint density at radius 2 is 1.61 bits per heavy atom. The van der Waals surface area contributed by atoms with Gasteiger partial charge in [0.1, 0.15) is 0 Å². The summed E-state index contributed by atoms with van der Waals surface area (Å²) in [6.07, 6.45) is 0.371. The second-order valence-electron chi connectivity index (χ2n) is 4.81. The van der Waals surface area contributed by atoms with E-state index in [-0.39, 0.29) is 25.3 Å². The molecule has 6 heteroatoms. The van der Waals surface area contributed by atoms with Crippen LogP contribution in [0.2, 0.25) is 0 Å². The topological polar surface area (TPSA) is 38.8 Å². The van der Waals surface area contributed by atoms with Crippen molar-refractivity contribution in [3.63, 3.8) is 0 Å². The van der Waals surface area contributed by atoms with Gasteiger partial charge < -0.3 is 14.4 Å². The molecule has 1 amide bonds. The maximum absolute atomic E-state index is 12.6. The molecular weight excluding hydrogens is 244 g/mol. The smallest absolute Gasteiger partial charge is 0.315 e. The summed E-state index contributed by atoms with van der Waals surface area (Å²) in [5.74, 6) is -1.11. The van der Waals surface area contributed by atoms with Crippen LogP contribution in [-0.2, 0) is 14.3 Å². The van der Waals surface area contributed by atoms with Gasteiger partial charge in [0.25, 0.3) is 5.91 Å². The summed E-state index contributed by atoms with van der Waals surface area (Å²) in [6, 6.07) is 0. The van der Waals surface area contributed by atoms with Crippen molar-refractivity contribution >= 4 is 5.91 Å². The fourth-order valence-corrected chi connectivity index (χ4v) is 2.46. The third-order valence-corrected chi connectivity index (χ3v) is 3.39. The van der Waals surface area contributed by atoms with Crippen LogP contribution in [0.15, 0.2) is 0 Å². The van der Waals surface area contributed by atoms with Gasteiger partial charge in [-0.1, -0.05) is 0 Å². The Hall–Kier alpha value is -0.750. The van der Waals surface area contributed by atoms with Crippen LogP contribution >= 0.6 is 0 Å². The van der Waals surface area contributed by atoms with Crippen LogP contribution in [0.5, 0.6) is 0 Å². The molecule has 0 aromatic carbocycles. The Morgan fingerprint density at radius 3 is 1.94 bits per heavy atom. The van der Waals surface area contributed by atoms with Gasteiger partial charge in [-0.05, 0) is 25.7 Å². The predicted molar refractivity (Wildman–Crippen MR) is 60.5 cm³/mol. The molecule has 2 aliphatic rings. The normalized spacial score (nSPS) is 27.9. The van der Waals surface area contributed by atoms with Crippen LogP contribution in [0.4, 0.5) is 8.78 Å². The minimum absolute atomic E-state index is 0.103. The lowest BCUT2D eigenvalue weighted by Crippen LogP contribution is -2.44. The molecule has 0 N–H and O–H groups in total. The maximum atomic E-state index is 12.6. The second-order valence-corrected chi connectivity index (χ2v) is 4.81. The van der Waals surface area contributed by atoms with Crippen molar-refractivity contribution in [2.24, 2.45) is 0 Å². The monoisotopic (exact) mass is 263 g/mol. The molecule has 0 aromatic rings. The van der Waals surface area contributed by atoms with Gasteiger partial charge in [0.15, 0.2) is 0 Å². The van der Waals surface area contributed by atoms with Crippen molar-refractivity contribution < 1.29 is 23.0 Å². The summed E-state index contributed by atoms with van der Waals surface area (Å²) >= 11 is 0. The molecule has 4 nitrogen and oxygen atoms in total. The molecule has 104 valence electrons. The van der Waals surface area contributed by atoms with Crippen LogP contribution in [0, 0.1) is 0 Å². The number of ether oxygens (including phenoxy) is 2. The quantitative estimate of drug-likeness (QED) is 0.753. The molecule has 0 spiro atoms. The minimum Gasteiger partial charge on any atom is -0.376 e. The summed E-state index contributed by atoms with van der Waals surface area (Å²) in [6.45, 7) is 1.81. The molecular formula is C12H19F2NO3. The van der Waals surface area contributed by atoms with E-state index in [9.17, 15) is 13.6 Å². The highest BCUT2D eigenvalue weighted by Gasteiger charge is 2.30. The number of carbonyl (C=O) groups excluding carboxylic acids is 1. The first kappa shape index (κ1) is 13.7. The Balaban J connectivity index is 1.90. The van der Waals surface area contributed by atoms with E-state index < -0.39 is 12.3 Å². The molecule has 0 aromatic heterocycles. The summed E-state index contributed by atoms with van der Waals surface area (Å²) in [4.78, 5) is 12.7. The molecule has 0 bridgehead atoms. The van der Waals surface area contributed by atoms with Gasteiger partial charge in [0.2, 0.25) is 0 Å². The van der Waals surface area contributed by atoms with Gasteiger partial charge >= 0.3 is 6.43 Å². The van der Waals surface area contributed by atoms with Crippen LogP contribution in [0.3, 0.4) is 0 Å². The number of amides is 1. The van der Waals surface area contributed by atoms with Crippen LogP contribution in [-0.4, -0.2) is 55.7 Å². The van der Waals surface area contributed by atoms with Gasteiger partial charge in [-0.3, -0.25) is 4.79 Å². The number of halogens is 2. The summed E-state index contributed by atoms with van der Waals surface area (Å²) in [7, 11) is 0. The molecule has 2 unspecified atom stereocenters. The Bertz CT molecular complexity index is 258. The number of alkyl halides is 2. The van der Waals surface area contributed by atoms with E-state index in [4.69, 9.17) is 9.47 Å². The van der Waals surface area contributed by atoms with Crippen molar-refractivity contribution in [3.05, 3.63) is 0 Å². The van der Waals surface area contributed by atoms with Gasteiger partial charge in [-0.25, -0.2) is 0 Å². The Morgan fingerprint density at radius 1 is 1.11 bits per heavy atom. The lowest BCUT2D eigenvalue weighted by Gasteiger charge is -2.27. The lowest BCUT2D eigenvalue weighted by atomic mass is 10.2. The number of rotatable bonds is 5. The highest BCUT2D eigenvalue weighted by Crippen LogP contribution is 2.18. The van der Waals surface area contributed by atoms with Gasteiger partial charge in [0, 0.05) is 26.3 Å². The van der Waals surface area contributed by atoms with Crippen molar-refractivity contribution in [3.8, 4) is 0 Å². The minimum atomic E-state index is -2.95. The number of carbonyl (C=O) groups is 1. The van der Waals surface area contributed by atoms with E-state index in [2.05, 4.69) is 0 Å². The maximum Gasteiger partial charge on any atom is 0.315 e. The average molecular weight is 263 g/mol. The van der Waals surface area contributed by atoms with Crippen molar-refractivity contribution in [2.75, 3.05) is 26.3 Å². The molecule has 0 saturated carbocycles. The molecule has 2 atom stereocenters. The third-order valence-electron chi connectivity index (χ3n) is 3.39. The number of nitrogens with zero attached hydrogens (tertiary/aromatic N) is 1. The summed E-state index contributed by atoms with van der Waals surface area (Å²) in [5.41, 5.74) is 0. The molecule has 2 aliphatic heterocycles. The zero-order valence-electron chi connectivity index (χ0n) is 10.3. The molecule has 0 radical (unpaired) electrons. The number of hydrogen-bond donors (Lipinski definition) is 0. The summed E-state index contributed by atoms with van der Waals surface area (Å²) in [5, 5.41) is 0. The molecule has 2 heterocycles. The fourth-order valence-electron chi connectivity index (χ4n) is 2.46. The number of hydrogen-bond acceptors (Lipinski definition) is 3. The van der Waals surface area contributed by atoms with Gasteiger partial charge in [0.05, 0.1) is 12.2 Å². The average Bonchev–Trinajstić information content (AvgIpc) is 2.99. The third kappa shape index (κ3) is 3.62. The van der Waals surface area contributed by atoms with Crippen molar-refractivity contribution in [1.82, 2.24) is 4.90 Å². The van der Waals surface area contributed by atoms with Crippen LogP contribution in [0.25, 0.3) is 0 Å². The molecule has 2 saturated heterocycles. The zero-order valence-corrected chi connectivity index (χ0v) is 10.3. The molecule has 2 fully saturated rings. The van der Waals surface area contributed by atoms with E-state index in [1.54, 1.807) is 0 Å². The van der Waals surface area contributed by atoms with E-state index in [0.717, 1.165) is 25.7 Å². The van der Waals surface area contributed by atoms with E-state index in [1.165, 1.54) is 4.90 Å². The van der Waals surface area contributed by atoms with Gasteiger partial charge in [-0.15, -0.1) is 0 Å². The zero-order chi connectivity index (χ0) is 13.0. The highest BCUT2D eigenvalue weighted by atomic mass is 19.3. The van der Waals surface area contributed by atoms with E-state index in [0.29, 0.717) is 13.2 Å². The fraction of sp³-hybridized carbons (Fsp3) is 0.917. The van der Waals surface area contributed by atoms with E-state index in [1.807, 2.05) is 0 Å². The van der Waals surface area contributed by atoms with E-state index >= 15 is 0 Å². The lowest BCUT2D eigenvalue weighted by molar-refractivity contribution is -0.146.